The zero-order chi connectivity index (χ0) is 13.1. The number of para-hydroxylation sites is 1. The Morgan fingerprint density at radius 1 is 1.33 bits per heavy atom. The summed E-state index contributed by atoms with van der Waals surface area (Å²) in [4.78, 5) is 12.0. The molecule has 2 aromatic rings. The lowest BCUT2D eigenvalue weighted by atomic mass is 10.1. The number of hydrogen-bond donors (Lipinski definition) is 2. The minimum atomic E-state index is -0.319. The van der Waals surface area contributed by atoms with Gasteiger partial charge in [-0.2, -0.15) is 0 Å². The molecule has 0 spiro atoms. The Bertz CT molecular complexity index is 546. The Morgan fingerprint density at radius 2 is 2.11 bits per heavy atom. The number of carbonyl (C=O) groups excluding carboxylic acids is 1. The highest BCUT2D eigenvalue weighted by Gasteiger charge is 2.16. The second kappa shape index (κ2) is 4.96. The summed E-state index contributed by atoms with van der Waals surface area (Å²) in [7, 11) is 0. The van der Waals surface area contributed by atoms with Crippen molar-refractivity contribution < 1.29 is 14.3 Å². The van der Waals surface area contributed by atoms with E-state index in [1.165, 1.54) is 0 Å². The van der Waals surface area contributed by atoms with Crippen LogP contribution in [-0.2, 0) is 0 Å². The third-order valence-electron chi connectivity index (χ3n) is 2.80. The Hall–Kier alpha value is -2.23. The SMILES string of the molecule is Cc1cccc(C(=O)NC(C)c2ccco2)c1O. The van der Waals surface area contributed by atoms with Gasteiger partial charge in [-0.15, -0.1) is 0 Å². The summed E-state index contributed by atoms with van der Waals surface area (Å²) in [5, 5.41) is 12.6. The van der Waals surface area contributed by atoms with Gasteiger partial charge in [0, 0.05) is 0 Å². The van der Waals surface area contributed by atoms with Crippen LogP contribution in [0, 0.1) is 6.92 Å². The first kappa shape index (κ1) is 12.2. The van der Waals surface area contributed by atoms with Crippen molar-refractivity contribution in [3.8, 4) is 5.75 Å². The summed E-state index contributed by atoms with van der Waals surface area (Å²) < 4.78 is 5.21. The molecule has 0 saturated carbocycles. The average Bonchev–Trinajstić information content (AvgIpc) is 2.86. The largest absolute Gasteiger partial charge is 0.507 e. The van der Waals surface area contributed by atoms with Crippen molar-refractivity contribution in [2.45, 2.75) is 19.9 Å². The van der Waals surface area contributed by atoms with Gasteiger partial charge >= 0.3 is 0 Å². The molecule has 0 aliphatic carbocycles. The lowest BCUT2D eigenvalue weighted by molar-refractivity contribution is 0.0932. The molecule has 1 amide bonds. The fourth-order valence-corrected chi connectivity index (χ4v) is 1.73. The van der Waals surface area contributed by atoms with Crippen LogP contribution >= 0.6 is 0 Å². The van der Waals surface area contributed by atoms with Crippen LogP contribution in [0.5, 0.6) is 5.75 Å². The monoisotopic (exact) mass is 245 g/mol. The molecule has 0 saturated heterocycles. The lowest BCUT2D eigenvalue weighted by Crippen LogP contribution is -2.26. The van der Waals surface area contributed by atoms with Crippen LogP contribution in [0.15, 0.2) is 41.0 Å². The summed E-state index contributed by atoms with van der Waals surface area (Å²) in [6.07, 6.45) is 1.56. The van der Waals surface area contributed by atoms with Gasteiger partial charge in [0.2, 0.25) is 0 Å². The number of aryl methyl sites for hydroxylation is 1. The summed E-state index contributed by atoms with van der Waals surface area (Å²) in [5.74, 6) is 0.372. The normalized spacial score (nSPS) is 12.1. The Morgan fingerprint density at radius 3 is 2.78 bits per heavy atom. The van der Waals surface area contributed by atoms with E-state index in [-0.39, 0.29) is 23.3 Å². The smallest absolute Gasteiger partial charge is 0.255 e. The zero-order valence-electron chi connectivity index (χ0n) is 10.3. The molecule has 4 heteroatoms. The van der Waals surface area contributed by atoms with E-state index in [0.29, 0.717) is 11.3 Å². The lowest BCUT2D eigenvalue weighted by Gasteiger charge is -2.12. The molecule has 1 atom stereocenters. The van der Waals surface area contributed by atoms with Crippen molar-refractivity contribution in [3.63, 3.8) is 0 Å². The van der Waals surface area contributed by atoms with Gasteiger partial charge in [-0.05, 0) is 37.6 Å². The van der Waals surface area contributed by atoms with Crippen LogP contribution in [0.2, 0.25) is 0 Å². The molecule has 0 radical (unpaired) electrons. The van der Waals surface area contributed by atoms with Crippen molar-refractivity contribution in [3.05, 3.63) is 53.5 Å². The van der Waals surface area contributed by atoms with Crippen molar-refractivity contribution in [1.82, 2.24) is 5.32 Å². The molecule has 1 aromatic heterocycles. The highest BCUT2D eigenvalue weighted by atomic mass is 16.3. The summed E-state index contributed by atoms with van der Waals surface area (Å²) in [6, 6.07) is 8.40. The third-order valence-corrected chi connectivity index (χ3v) is 2.80. The number of aromatic hydroxyl groups is 1. The van der Waals surface area contributed by atoms with Gasteiger partial charge < -0.3 is 14.8 Å². The fourth-order valence-electron chi connectivity index (χ4n) is 1.73. The van der Waals surface area contributed by atoms with E-state index in [1.54, 1.807) is 43.5 Å². The molecular formula is C14H15NO3. The first-order valence-electron chi connectivity index (χ1n) is 5.72. The van der Waals surface area contributed by atoms with Crippen molar-refractivity contribution in [1.29, 1.82) is 0 Å². The average molecular weight is 245 g/mol. The molecule has 2 N–H and O–H groups in total. The van der Waals surface area contributed by atoms with Gasteiger partial charge in [-0.1, -0.05) is 12.1 Å². The van der Waals surface area contributed by atoms with Gasteiger partial charge in [0.1, 0.15) is 11.5 Å². The number of nitrogens with one attached hydrogen (secondary N) is 1. The van der Waals surface area contributed by atoms with Crippen LogP contribution < -0.4 is 5.32 Å². The second-order valence-electron chi connectivity index (χ2n) is 4.18. The van der Waals surface area contributed by atoms with Crippen molar-refractivity contribution in [2.75, 3.05) is 0 Å². The number of benzene rings is 1. The molecule has 1 aromatic carbocycles. The van der Waals surface area contributed by atoms with Gasteiger partial charge in [-0.3, -0.25) is 4.79 Å². The molecule has 0 aliphatic heterocycles. The molecule has 0 bridgehead atoms. The molecule has 0 fully saturated rings. The maximum Gasteiger partial charge on any atom is 0.255 e. The zero-order valence-corrected chi connectivity index (χ0v) is 10.3. The summed E-state index contributed by atoms with van der Waals surface area (Å²) in [6.45, 7) is 3.58. The Kier molecular flexibility index (Phi) is 3.37. The first-order chi connectivity index (χ1) is 8.59. The first-order valence-corrected chi connectivity index (χ1v) is 5.72. The van der Waals surface area contributed by atoms with Gasteiger partial charge in [0.15, 0.2) is 0 Å². The number of amides is 1. The van der Waals surface area contributed by atoms with Gasteiger partial charge in [0.25, 0.3) is 5.91 Å². The highest BCUT2D eigenvalue weighted by molar-refractivity contribution is 5.97. The van der Waals surface area contributed by atoms with E-state index in [9.17, 15) is 9.90 Å². The Balaban J connectivity index is 2.15. The van der Waals surface area contributed by atoms with Crippen LogP contribution in [0.3, 0.4) is 0 Å². The summed E-state index contributed by atoms with van der Waals surface area (Å²) in [5.41, 5.74) is 0.946. The van der Waals surface area contributed by atoms with E-state index < -0.39 is 0 Å². The van der Waals surface area contributed by atoms with Crippen LogP contribution in [-0.4, -0.2) is 11.0 Å². The molecule has 94 valence electrons. The molecular weight excluding hydrogens is 230 g/mol. The minimum Gasteiger partial charge on any atom is -0.507 e. The Labute approximate surface area is 105 Å². The minimum absolute atomic E-state index is 0.0154. The number of hydrogen-bond acceptors (Lipinski definition) is 3. The van der Waals surface area contributed by atoms with Crippen LogP contribution in [0.1, 0.15) is 34.6 Å². The van der Waals surface area contributed by atoms with Crippen LogP contribution in [0.4, 0.5) is 0 Å². The van der Waals surface area contributed by atoms with Crippen molar-refractivity contribution >= 4 is 5.91 Å². The molecule has 1 heterocycles. The predicted molar refractivity (Wildman–Crippen MR) is 67.4 cm³/mol. The standard InChI is InChI=1S/C14H15NO3/c1-9-5-3-6-11(13(9)16)14(17)15-10(2)12-7-4-8-18-12/h3-8,10,16H,1-2H3,(H,15,17). The third kappa shape index (κ3) is 2.37. The van der Waals surface area contributed by atoms with E-state index >= 15 is 0 Å². The second-order valence-corrected chi connectivity index (χ2v) is 4.18. The topological polar surface area (TPSA) is 62.5 Å². The number of furan rings is 1. The molecule has 0 aliphatic rings. The highest BCUT2D eigenvalue weighted by Crippen LogP contribution is 2.22. The maximum atomic E-state index is 12.0. The number of rotatable bonds is 3. The quantitative estimate of drug-likeness (QED) is 0.874. The van der Waals surface area contributed by atoms with E-state index in [4.69, 9.17) is 4.42 Å². The van der Waals surface area contributed by atoms with E-state index in [1.807, 2.05) is 6.92 Å². The number of carbonyl (C=O) groups is 1. The maximum absolute atomic E-state index is 12.0. The molecule has 1 unspecified atom stereocenters. The summed E-state index contributed by atoms with van der Waals surface area (Å²) >= 11 is 0. The fraction of sp³-hybridized carbons (Fsp3) is 0.214. The van der Waals surface area contributed by atoms with E-state index in [2.05, 4.69) is 5.32 Å². The number of phenols is 1. The molecule has 18 heavy (non-hydrogen) atoms. The van der Waals surface area contributed by atoms with E-state index in [0.717, 1.165) is 0 Å². The van der Waals surface area contributed by atoms with Crippen molar-refractivity contribution in [2.24, 2.45) is 0 Å². The van der Waals surface area contributed by atoms with Gasteiger partial charge in [0.05, 0.1) is 17.9 Å². The predicted octanol–water partition coefficient (Wildman–Crippen LogP) is 2.78. The van der Waals surface area contributed by atoms with Crippen LogP contribution in [0.25, 0.3) is 0 Å². The number of phenolic OH excluding ortho intramolecular Hbond substituents is 1. The molecule has 4 nitrogen and oxygen atoms in total. The molecule has 2 rings (SSSR count). The van der Waals surface area contributed by atoms with Gasteiger partial charge in [-0.25, -0.2) is 0 Å².